The molecule has 0 atom stereocenters. The van der Waals surface area contributed by atoms with E-state index in [1.54, 1.807) is 13.0 Å². The molecule has 2 heterocycles. The Morgan fingerprint density at radius 2 is 1.88 bits per heavy atom. The van der Waals surface area contributed by atoms with Crippen molar-refractivity contribution >= 4 is 17.5 Å². The first-order valence-electron chi connectivity index (χ1n) is 8.27. The molecule has 0 unspecified atom stereocenters. The molecule has 6 nitrogen and oxygen atoms in total. The Morgan fingerprint density at radius 1 is 1.12 bits per heavy atom. The number of aromatic amines is 1. The first-order chi connectivity index (χ1) is 11.6. The van der Waals surface area contributed by atoms with Crippen LogP contribution in [-0.2, 0) is 0 Å². The molecule has 1 fully saturated rings. The van der Waals surface area contributed by atoms with Crippen LogP contribution in [-0.4, -0.2) is 40.0 Å². The molecule has 3 rings (SSSR count). The number of amides is 2. The molecule has 0 radical (unpaired) electrons. The van der Waals surface area contributed by atoms with Crippen LogP contribution in [0.2, 0.25) is 0 Å². The first-order valence-corrected chi connectivity index (χ1v) is 8.27. The lowest BCUT2D eigenvalue weighted by Crippen LogP contribution is -2.36. The summed E-state index contributed by atoms with van der Waals surface area (Å²) in [6.07, 6.45) is 4.80. The molecule has 1 aliphatic heterocycles. The largest absolute Gasteiger partial charge is 0.339 e. The maximum absolute atomic E-state index is 12.7. The van der Waals surface area contributed by atoms with Crippen molar-refractivity contribution < 1.29 is 9.59 Å². The Hall–Kier alpha value is -2.63. The summed E-state index contributed by atoms with van der Waals surface area (Å²) in [4.78, 5) is 26.9. The van der Waals surface area contributed by atoms with Crippen LogP contribution in [0.1, 0.15) is 51.2 Å². The third kappa shape index (κ3) is 3.32. The summed E-state index contributed by atoms with van der Waals surface area (Å²) in [5, 5.41) is 9.45. The van der Waals surface area contributed by atoms with Crippen LogP contribution in [0.25, 0.3) is 0 Å². The molecule has 0 aliphatic carbocycles. The number of anilines is 1. The average molecular weight is 326 g/mol. The second-order valence-electron chi connectivity index (χ2n) is 6.25. The third-order valence-electron chi connectivity index (χ3n) is 4.44. The van der Waals surface area contributed by atoms with Crippen LogP contribution in [0.15, 0.2) is 24.4 Å². The molecule has 1 aliphatic rings. The molecule has 2 amide bonds. The van der Waals surface area contributed by atoms with Gasteiger partial charge in [0.05, 0.1) is 11.8 Å². The van der Waals surface area contributed by atoms with Crippen molar-refractivity contribution in [2.45, 2.75) is 33.1 Å². The summed E-state index contributed by atoms with van der Waals surface area (Å²) in [6.45, 7) is 5.33. The van der Waals surface area contributed by atoms with E-state index < -0.39 is 0 Å². The highest BCUT2D eigenvalue weighted by Gasteiger charge is 2.20. The van der Waals surface area contributed by atoms with Crippen molar-refractivity contribution in [2.75, 3.05) is 18.4 Å². The maximum Gasteiger partial charge on any atom is 0.259 e. The van der Waals surface area contributed by atoms with Gasteiger partial charge in [-0.2, -0.15) is 5.10 Å². The molecule has 1 aromatic carbocycles. The number of piperidine rings is 1. The lowest BCUT2D eigenvalue weighted by Gasteiger charge is -2.27. The number of rotatable bonds is 3. The number of aromatic nitrogens is 2. The number of H-pyrrole nitrogens is 1. The van der Waals surface area contributed by atoms with Crippen molar-refractivity contribution in [3.8, 4) is 0 Å². The van der Waals surface area contributed by atoms with Gasteiger partial charge in [0.15, 0.2) is 0 Å². The third-order valence-corrected chi connectivity index (χ3v) is 4.44. The standard InChI is InChI=1S/C18H22N4O2/c1-12-6-7-14(20-17(23)16-11-19-21-13(16)2)10-15(12)18(24)22-8-4-3-5-9-22/h6-7,10-11H,3-5,8-9H2,1-2H3,(H,19,21)(H,20,23). The highest BCUT2D eigenvalue weighted by Crippen LogP contribution is 2.20. The van der Waals surface area contributed by atoms with E-state index in [0.717, 1.165) is 31.5 Å². The summed E-state index contributed by atoms with van der Waals surface area (Å²) in [5.74, 6) is -0.190. The van der Waals surface area contributed by atoms with E-state index in [4.69, 9.17) is 0 Å². The fourth-order valence-electron chi connectivity index (χ4n) is 2.98. The second-order valence-corrected chi connectivity index (χ2v) is 6.25. The van der Waals surface area contributed by atoms with Gasteiger partial charge in [0.2, 0.25) is 0 Å². The predicted octanol–water partition coefficient (Wildman–Crippen LogP) is 2.90. The predicted molar refractivity (Wildman–Crippen MR) is 92.2 cm³/mol. The molecule has 24 heavy (non-hydrogen) atoms. The van der Waals surface area contributed by atoms with Gasteiger partial charge in [-0.1, -0.05) is 6.07 Å². The second kappa shape index (κ2) is 6.86. The van der Waals surface area contributed by atoms with Gasteiger partial charge in [0.1, 0.15) is 0 Å². The minimum Gasteiger partial charge on any atom is -0.339 e. The van der Waals surface area contributed by atoms with Crippen LogP contribution < -0.4 is 5.32 Å². The molecular weight excluding hydrogens is 304 g/mol. The first kappa shape index (κ1) is 16.2. The minimum absolute atomic E-state index is 0.0443. The maximum atomic E-state index is 12.7. The van der Waals surface area contributed by atoms with Gasteiger partial charge in [0, 0.05) is 30.0 Å². The van der Waals surface area contributed by atoms with E-state index in [0.29, 0.717) is 22.5 Å². The zero-order valence-electron chi connectivity index (χ0n) is 14.1. The van der Waals surface area contributed by atoms with E-state index in [9.17, 15) is 9.59 Å². The van der Waals surface area contributed by atoms with Gasteiger partial charge in [-0.15, -0.1) is 0 Å². The Morgan fingerprint density at radius 3 is 2.54 bits per heavy atom. The lowest BCUT2D eigenvalue weighted by atomic mass is 10.0. The van der Waals surface area contributed by atoms with Gasteiger partial charge in [-0.3, -0.25) is 14.7 Å². The van der Waals surface area contributed by atoms with Crippen molar-refractivity contribution in [1.82, 2.24) is 15.1 Å². The molecule has 1 aromatic heterocycles. The van der Waals surface area contributed by atoms with Crippen molar-refractivity contribution in [3.05, 3.63) is 46.8 Å². The summed E-state index contributed by atoms with van der Waals surface area (Å²) < 4.78 is 0. The Labute approximate surface area is 141 Å². The summed E-state index contributed by atoms with van der Waals surface area (Å²) >= 11 is 0. The molecule has 0 saturated carbocycles. The zero-order chi connectivity index (χ0) is 17.1. The molecule has 126 valence electrons. The van der Waals surface area contributed by atoms with E-state index in [1.807, 2.05) is 24.0 Å². The number of benzene rings is 1. The number of nitrogens with zero attached hydrogens (tertiary/aromatic N) is 2. The molecular formula is C18H22N4O2. The number of carbonyl (C=O) groups excluding carboxylic acids is 2. The molecule has 6 heteroatoms. The summed E-state index contributed by atoms with van der Waals surface area (Å²) in [5.41, 5.74) is 3.40. The number of carbonyl (C=O) groups is 2. The lowest BCUT2D eigenvalue weighted by molar-refractivity contribution is 0.0723. The van der Waals surface area contributed by atoms with Crippen LogP contribution in [0.4, 0.5) is 5.69 Å². The number of nitrogens with one attached hydrogen (secondary N) is 2. The number of aryl methyl sites for hydroxylation is 2. The zero-order valence-corrected chi connectivity index (χ0v) is 14.1. The highest BCUT2D eigenvalue weighted by molar-refractivity contribution is 6.05. The normalized spacial score (nSPS) is 14.5. The Balaban J connectivity index is 1.79. The van der Waals surface area contributed by atoms with Crippen LogP contribution in [0.3, 0.4) is 0 Å². The number of likely N-dealkylation sites (tertiary alicyclic amines) is 1. The number of hydrogen-bond donors (Lipinski definition) is 2. The molecule has 0 bridgehead atoms. The van der Waals surface area contributed by atoms with E-state index >= 15 is 0 Å². The average Bonchev–Trinajstić information content (AvgIpc) is 3.03. The van der Waals surface area contributed by atoms with Gasteiger partial charge in [-0.05, 0) is 50.8 Å². The smallest absolute Gasteiger partial charge is 0.259 e. The SMILES string of the molecule is Cc1ccc(NC(=O)c2cn[nH]c2C)cc1C(=O)N1CCCCC1. The minimum atomic E-state index is -0.235. The van der Waals surface area contributed by atoms with Crippen molar-refractivity contribution in [1.29, 1.82) is 0 Å². The van der Waals surface area contributed by atoms with E-state index in [1.165, 1.54) is 12.6 Å². The van der Waals surface area contributed by atoms with Crippen molar-refractivity contribution in [2.24, 2.45) is 0 Å². The summed E-state index contributed by atoms with van der Waals surface area (Å²) in [7, 11) is 0. The summed E-state index contributed by atoms with van der Waals surface area (Å²) in [6, 6.07) is 5.45. The van der Waals surface area contributed by atoms with Crippen LogP contribution in [0, 0.1) is 13.8 Å². The van der Waals surface area contributed by atoms with Crippen molar-refractivity contribution in [3.63, 3.8) is 0 Å². The van der Waals surface area contributed by atoms with E-state index in [2.05, 4.69) is 15.5 Å². The van der Waals surface area contributed by atoms with Crippen LogP contribution >= 0.6 is 0 Å². The van der Waals surface area contributed by atoms with E-state index in [-0.39, 0.29) is 11.8 Å². The fourth-order valence-corrected chi connectivity index (χ4v) is 2.98. The molecule has 1 saturated heterocycles. The monoisotopic (exact) mass is 326 g/mol. The molecule has 0 spiro atoms. The Bertz CT molecular complexity index is 760. The van der Waals surface area contributed by atoms with Gasteiger partial charge in [-0.25, -0.2) is 0 Å². The topological polar surface area (TPSA) is 78.1 Å². The molecule has 2 N–H and O–H groups in total. The Kier molecular flexibility index (Phi) is 4.64. The van der Waals surface area contributed by atoms with Gasteiger partial charge >= 0.3 is 0 Å². The quantitative estimate of drug-likeness (QED) is 0.910. The highest BCUT2D eigenvalue weighted by atomic mass is 16.2. The van der Waals surface area contributed by atoms with Gasteiger partial charge < -0.3 is 10.2 Å². The molecule has 2 aromatic rings. The van der Waals surface area contributed by atoms with Gasteiger partial charge in [0.25, 0.3) is 11.8 Å². The van der Waals surface area contributed by atoms with Crippen LogP contribution in [0.5, 0.6) is 0 Å². The number of hydrogen-bond acceptors (Lipinski definition) is 3. The fraction of sp³-hybridized carbons (Fsp3) is 0.389.